The van der Waals surface area contributed by atoms with Crippen LogP contribution in [0.1, 0.15) is 19.3 Å². The number of ether oxygens (including phenoxy) is 2. The molecule has 0 saturated heterocycles. The number of methoxy groups -OCH3 is 2. The standard InChI is InChI=1S/C8H12F2O4/c1-13-6(11)4-3-5-8(9,10)7(12)14-2/h3-5H2,1-2H3. The molecule has 4 nitrogen and oxygen atoms in total. The largest absolute Gasteiger partial charge is 0.469 e. The summed E-state index contributed by atoms with van der Waals surface area (Å²) in [5.74, 6) is -5.68. The minimum Gasteiger partial charge on any atom is -0.469 e. The number of rotatable bonds is 5. The van der Waals surface area contributed by atoms with Crippen LogP contribution in [0.15, 0.2) is 0 Å². The lowest BCUT2D eigenvalue weighted by Crippen LogP contribution is -2.29. The molecule has 6 heteroatoms. The second-order valence-corrected chi connectivity index (χ2v) is 2.63. The number of esters is 2. The number of hydrogen-bond acceptors (Lipinski definition) is 4. The Kier molecular flexibility index (Phi) is 5.04. The van der Waals surface area contributed by atoms with E-state index in [0.717, 1.165) is 7.11 Å². The molecule has 0 rings (SSSR count). The van der Waals surface area contributed by atoms with Crippen molar-refractivity contribution in [1.82, 2.24) is 0 Å². The van der Waals surface area contributed by atoms with Gasteiger partial charge in [-0.1, -0.05) is 0 Å². The van der Waals surface area contributed by atoms with E-state index < -0.39 is 24.3 Å². The molecule has 0 amide bonds. The molecule has 82 valence electrons. The Morgan fingerprint density at radius 1 is 1.21 bits per heavy atom. The van der Waals surface area contributed by atoms with E-state index in [0.29, 0.717) is 0 Å². The van der Waals surface area contributed by atoms with Crippen molar-refractivity contribution in [2.75, 3.05) is 14.2 Å². The van der Waals surface area contributed by atoms with E-state index in [-0.39, 0.29) is 12.8 Å². The molecule has 0 fully saturated rings. The number of carbonyl (C=O) groups excluding carboxylic acids is 2. The maximum Gasteiger partial charge on any atom is 0.376 e. The van der Waals surface area contributed by atoms with Crippen LogP contribution < -0.4 is 0 Å². The second kappa shape index (κ2) is 5.51. The summed E-state index contributed by atoms with van der Waals surface area (Å²) in [6.07, 6.45) is -0.966. The molecule has 0 heterocycles. The fourth-order valence-electron chi connectivity index (χ4n) is 0.808. The molecule has 0 bridgehead atoms. The van der Waals surface area contributed by atoms with Crippen molar-refractivity contribution in [1.29, 1.82) is 0 Å². The van der Waals surface area contributed by atoms with Gasteiger partial charge in [0.05, 0.1) is 14.2 Å². The lowest BCUT2D eigenvalue weighted by molar-refractivity contribution is -0.170. The van der Waals surface area contributed by atoms with Gasteiger partial charge in [0.2, 0.25) is 0 Å². The van der Waals surface area contributed by atoms with Gasteiger partial charge in [-0.2, -0.15) is 8.78 Å². The van der Waals surface area contributed by atoms with Gasteiger partial charge in [-0.25, -0.2) is 4.79 Å². The summed E-state index contributed by atoms with van der Waals surface area (Å²) in [6, 6.07) is 0. The second-order valence-electron chi connectivity index (χ2n) is 2.63. The molecule has 14 heavy (non-hydrogen) atoms. The smallest absolute Gasteiger partial charge is 0.376 e. The van der Waals surface area contributed by atoms with Crippen LogP contribution in [0.25, 0.3) is 0 Å². The Labute approximate surface area is 80.2 Å². The summed E-state index contributed by atoms with van der Waals surface area (Å²) in [5.41, 5.74) is 0. The van der Waals surface area contributed by atoms with Gasteiger partial charge in [0, 0.05) is 12.8 Å². The highest BCUT2D eigenvalue weighted by atomic mass is 19.3. The van der Waals surface area contributed by atoms with E-state index in [1.807, 2.05) is 0 Å². The third-order valence-electron chi connectivity index (χ3n) is 1.58. The maximum atomic E-state index is 12.7. The molecule has 0 aromatic carbocycles. The highest BCUT2D eigenvalue weighted by molar-refractivity contribution is 5.77. The SMILES string of the molecule is COC(=O)CCCC(F)(F)C(=O)OC. The summed E-state index contributed by atoms with van der Waals surface area (Å²) in [6.45, 7) is 0. The predicted molar refractivity (Wildman–Crippen MR) is 42.8 cm³/mol. The van der Waals surface area contributed by atoms with Gasteiger partial charge in [0.25, 0.3) is 0 Å². The number of halogens is 2. The van der Waals surface area contributed by atoms with Crippen LogP contribution in [-0.2, 0) is 19.1 Å². The fourth-order valence-corrected chi connectivity index (χ4v) is 0.808. The predicted octanol–water partition coefficient (Wildman–Crippen LogP) is 1.14. The van der Waals surface area contributed by atoms with Crippen molar-refractivity contribution < 1.29 is 27.8 Å². The molecule has 0 N–H and O–H groups in total. The molecule has 0 aliphatic carbocycles. The minimum absolute atomic E-state index is 0.116. The number of alkyl halides is 2. The first-order valence-electron chi connectivity index (χ1n) is 3.97. The first kappa shape index (κ1) is 12.8. The van der Waals surface area contributed by atoms with Crippen LogP contribution in [0.2, 0.25) is 0 Å². The molecule has 0 aromatic rings. The lowest BCUT2D eigenvalue weighted by atomic mass is 10.1. The zero-order valence-corrected chi connectivity index (χ0v) is 8.01. The van der Waals surface area contributed by atoms with Crippen LogP contribution in [0, 0.1) is 0 Å². The van der Waals surface area contributed by atoms with Crippen LogP contribution in [0.4, 0.5) is 8.78 Å². The van der Waals surface area contributed by atoms with Gasteiger partial charge < -0.3 is 9.47 Å². The average Bonchev–Trinajstić information content (AvgIpc) is 2.15. The molecular weight excluding hydrogens is 198 g/mol. The van der Waals surface area contributed by atoms with Crippen molar-refractivity contribution in [3.63, 3.8) is 0 Å². The van der Waals surface area contributed by atoms with Crippen molar-refractivity contribution in [3.05, 3.63) is 0 Å². The molecule has 0 spiro atoms. The Balaban J connectivity index is 3.88. The molecule has 0 aromatic heterocycles. The Hall–Kier alpha value is -1.20. The van der Waals surface area contributed by atoms with Gasteiger partial charge in [0.1, 0.15) is 0 Å². The zero-order valence-electron chi connectivity index (χ0n) is 8.01. The number of hydrogen-bond donors (Lipinski definition) is 0. The van der Waals surface area contributed by atoms with Crippen molar-refractivity contribution in [2.24, 2.45) is 0 Å². The van der Waals surface area contributed by atoms with Crippen LogP contribution in [-0.4, -0.2) is 32.1 Å². The normalized spacial score (nSPS) is 10.9. The highest BCUT2D eigenvalue weighted by Crippen LogP contribution is 2.22. The quantitative estimate of drug-likeness (QED) is 0.638. The monoisotopic (exact) mass is 210 g/mol. The van der Waals surface area contributed by atoms with E-state index >= 15 is 0 Å². The third kappa shape index (κ3) is 4.15. The summed E-state index contributed by atoms with van der Waals surface area (Å²) in [5, 5.41) is 0. The topological polar surface area (TPSA) is 52.6 Å². The van der Waals surface area contributed by atoms with Gasteiger partial charge >= 0.3 is 17.9 Å². The Morgan fingerprint density at radius 2 is 1.79 bits per heavy atom. The van der Waals surface area contributed by atoms with Gasteiger partial charge in [-0.3, -0.25) is 4.79 Å². The molecule has 0 unspecified atom stereocenters. The van der Waals surface area contributed by atoms with E-state index in [2.05, 4.69) is 9.47 Å². The maximum absolute atomic E-state index is 12.7. The molecule has 0 saturated carbocycles. The Morgan fingerprint density at radius 3 is 2.21 bits per heavy atom. The molecule has 0 aliphatic heterocycles. The fraction of sp³-hybridized carbons (Fsp3) is 0.750. The Bertz CT molecular complexity index is 215. The van der Waals surface area contributed by atoms with Crippen molar-refractivity contribution in [3.8, 4) is 0 Å². The summed E-state index contributed by atoms with van der Waals surface area (Å²) in [4.78, 5) is 21.0. The first-order valence-corrected chi connectivity index (χ1v) is 3.97. The van der Waals surface area contributed by atoms with Crippen LogP contribution in [0.5, 0.6) is 0 Å². The third-order valence-corrected chi connectivity index (χ3v) is 1.58. The van der Waals surface area contributed by atoms with E-state index in [9.17, 15) is 18.4 Å². The van der Waals surface area contributed by atoms with Gasteiger partial charge in [-0.15, -0.1) is 0 Å². The van der Waals surface area contributed by atoms with Crippen molar-refractivity contribution in [2.45, 2.75) is 25.2 Å². The van der Waals surface area contributed by atoms with E-state index in [4.69, 9.17) is 0 Å². The van der Waals surface area contributed by atoms with Crippen LogP contribution in [0.3, 0.4) is 0 Å². The minimum atomic E-state index is -3.53. The summed E-state index contributed by atoms with van der Waals surface area (Å²) in [7, 11) is 2.05. The molecule has 0 atom stereocenters. The molecule has 0 aliphatic rings. The van der Waals surface area contributed by atoms with Crippen LogP contribution >= 0.6 is 0 Å². The van der Waals surface area contributed by atoms with Crippen molar-refractivity contribution >= 4 is 11.9 Å². The average molecular weight is 210 g/mol. The molecule has 0 radical (unpaired) electrons. The first-order chi connectivity index (χ1) is 6.44. The summed E-state index contributed by atoms with van der Waals surface area (Å²) >= 11 is 0. The summed E-state index contributed by atoms with van der Waals surface area (Å²) < 4.78 is 33.6. The van der Waals surface area contributed by atoms with Gasteiger partial charge in [0.15, 0.2) is 0 Å². The number of carbonyl (C=O) groups is 2. The van der Waals surface area contributed by atoms with E-state index in [1.54, 1.807) is 0 Å². The zero-order chi connectivity index (χ0) is 11.2. The van der Waals surface area contributed by atoms with Gasteiger partial charge in [-0.05, 0) is 6.42 Å². The highest BCUT2D eigenvalue weighted by Gasteiger charge is 2.39. The van der Waals surface area contributed by atoms with E-state index in [1.165, 1.54) is 7.11 Å². The molecular formula is C8H12F2O4. The lowest BCUT2D eigenvalue weighted by Gasteiger charge is -2.12.